The summed E-state index contributed by atoms with van der Waals surface area (Å²) in [4.78, 5) is 13.2. The molecule has 2 aromatic rings. The molecule has 0 spiro atoms. The third-order valence-corrected chi connectivity index (χ3v) is 7.64. The summed E-state index contributed by atoms with van der Waals surface area (Å²) >= 11 is 2.84. The average Bonchev–Trinajstić information content (AvgIpc) is 3.60. The molecular weight excluding hydrogens is 450 g/mol. The molecule has 1 N–H and O–H groups in total. The van der Waals surface area contributed by atoms with Gasteiger partial charge in [-0.25, -0.2) is 13.1 Å². The monoisotopic (exact) mass is 478 g/mol. The number of ether oxygens (including phenoxy) is 1. The normalized spacial score (nSPS) is 17.4. The molecule has 2 aromatic carbocycles. The SMILES string of the molecule is CSNC(=O)c1cc(C2CC2)c(OCC2CCN(Sc3ccc(F)cc3C)CC2)cc1F. The predicted molar refractivity (Wildman–Crippen MR) is 126 cm³/mol. The molecule has 4 rings (SSSR count). The number of hydrogen-bond acceptors (Lipinski definition) is 5. The van der Waals surface area contributed by atoms with Gasteiger partial charge >= 0.3 is 0 Å². The van der Waals surface area contributed by atoms with E-state index in [1.807, 2.05) is 13.0 Å². The first-order chi connectivity index (χ1) is 15.4. The van der Waals surface area contributed by atoms with E-state index in [-0.39, 0.29) is 11.4 Å². The zero-order valence-electron chi connectivity index (χ0n) is 18.3. The molecule has 1 saturated heterocycles. The van der Waals surface area contributed by atoms with Crippen LogP contribution in [0.3, 0.4) is 0 Å². The number of nitrogens with one attached hydrogen (secondary N) is 1. The molecule has 1 amide bonds. The maximum atomic E-state index is 14.6. The number of rotatable bonds is 8. The number of aryl methyl sites for hydroxylation is 1. The number of carbonyl (C=O) groups is 1. The fourth-order valence-corrected chi connectivity index (χ4v) is 5.26. The topological polar surface area (TPSA) is 41.6 Å². The van der Waals surface area contributed by atoms with E-state index in [0.29, 0.717) is 24.2 Å². The van der Waals surface area contributed by atoms with Crippen LogP contribution in [0.5, 0.6) is 5.75 Å². The Bertz CT molecular complexity index is 977. The fraction of sp³-hybridized carbons (Fsp3) is 0.458. The van der Waals surface area contributed by atoms with Crippen molar-refractivity contribution in [2.24, 2.45) is 5.92 Å². The molecule has 1 heterocycles. The van der Waals surface area contributed by atoms with Crippen LogP contribution in [0.1, 0.15) is 53.1 Å². The lowest BCUT2D eigenvalue weighted by molar-refractivity contribution is 0.0980. The molecule has 2 fully saturated rings. The van der Waals surface area contributed by atoms with Crippen LogP contribution in [0.15, 0.2) is 35.2 Å². The van der Waals surface area contributed by atoms with E-state index in [2.05, 4.69) is 9.03 Å². The number of nitrogens with zero attached hydrogens (tertiary/aromatic N) is 1. The van der Waals surface area contributed by atoms with Crippen molar-refractivity contribution in [2.75, 3.05) is 26.0 Å². The number of hydrogen-bond donors (Lipinski definition) is 1. The number of amides is 1. The van der Waals surface area contributed by atoms with E-state index in [9.17, 15) is 13.6 Å². The second-order valence-corrected chi connectivity index (χ2v) is 10.2. The molecule has 0 bridgehead atoms. The summed E-state index contributed by atoms with van der Waals surface area (Å²) in [5.41, 5.74) is 1.97. The maximum Gasteiger partial charge on any atom is 0.264 e. The van der Waals surface area contributed by atoms with Gasteiger partial charge in [-0.15, -0.1) is 0 Å². The van der Waals surface area contributed by atoms with Gasteiger partial charge in [0.2, 0.25) is 0 Å². The van der Waals surface area contributed by atoms with E-state index in [1.165, 1.54) is 12.1 Å². The summed E-state index contributed by atoms with van der Waals surface area (Å²) < 4.78 is 38.9. The largest absolute Gasteiger partial charge is 0.493 e. The molecule has 32 heavy (non-hydrogen) atoms. The van der Waals surface area contributed by atoms with Gasteiger partial charge in [-0.05, 0) is 91.8 Å². The quantitative estimate of drug-likeness (QED) is 0.475. The van der Waals surface area contributed by atoms with Crippen LogP contribution in [0.4, 0.5) is 8.78 Å². The molecule has 0 atom stereocenters. The second kappa shape index (κ2) is 10.4. The van der Waals surface area contributed by atoms with Gasteiger partial charge in [0, 0.05) is 30.3 Å². The summed E-state index contributed by atoms with van der Waals surface area (Å²) in [6.07, 6.45) is 5.80. The highest BCUT2D eigenvalue weighted by atomic mass is 32.2. The Kier molecular flexibility index (Phi) is 7.63. The van der Waals surface area contributed by atoms with E-state index >= 15 is 0 Å². The zero-order chi connectivity index (χ0) is 22.7. The van der Waals surface area contributed by atoms with Crippen molar-refractivity contribution >= 4 is 29.8 Å². The lowest BCUT2D eigenvalue weighted by atomic mass is 9.99. The Balaban J connectivity index is 1.33. The number of carbonyl (C=O) groups excluding carboxylic acids is 1. The molecule has 2 aliphatic rings. The molecule has 1 aliphatic carbocycles. The van der Waals surface area contributed by atoms with E-state index in [4.69, 9.17) is 4.74 Å². The Labute approximate surface area is 196 Å². The van der Waals surface area contributed by atoms with Crippen LogP contribution in [-0.2, 0) is 0 Å². The molecule has 4 nitrogen and oxygen atoms in total. The third-order valence-electron chi connectivity index (χ3n) is 5.97. The lowest BCUT2D eigenvalue weighted by Gasteiger charge is -2.31. The first-order valence-electron chi connectivity index (χ1n) is 10.9. The molecular formula is C24H28F2N2O2S2. The first-order valence-corrected chi connectivity index (χ1v) is 12.9. The van der Waals surface area contributed by atoms with Crippen LogP contribution in [0, 0.1) is 24.5 Å². The molecule has 0 unspecified atom stereocenters. The van der Waals surface area contributed by atoms with E-state index in [1.54, 1.807) is 30.3 Å². The highest BCUT2D eigenvalue weighted by Gasteiger charge is 2.30. The summed E-state index contributed by atoms with van der Waals surface area (Å²) in [7, 11) is 0. The van der Waals surface area contributed by atoms with E-state index in [0.717, 1.165) is 66.7 Å². The van der Waals surface area contributed by atoms with Crippen molar-refractivity contribution in [2.45, 2.75) is 43.4 Å². The van der Waals surface area contributed by atoms with Gasteiger partial charge in [-0.1, -0.05) is 11.9 Å². The molecule has 1 saturated carbocycles. The Morgan fingerprint density at radius 2 is 1.91 bits per heavy atom. The van der Waals surface area contributed by atoms with Crippen molar-refractivity contribution in [1.82, 2.24) is 9.03 Å². The fourth-order valence-electron chi connectivity index (χ4n) is 3.96. The minimum atomic E-state index is -0.545. The van der Waals surface area contributed by atoms with Crippen LogP contribution < -0.4 is 9.46 Å². The number of halogens is 2. The van der Waals surface area contributed by atoms with Crippen LogP contribution in [-0.4, -0.2) is 36.2 Å². The van der Waals surface area contributed by atoms with Gasteiger partial charge in [0.05, 0.1) is 12.2 Å². The summed E-state index contributed by atoms with van der Waals surface area (Å²) in [6, 6.07) is 7.95. The predicted octanol–water partition coefficient (Wildman–Crippen LogP) is 5.96. The second-order valence-electron chi connectivity index (χ2n) is 8.46. The van der Waals surface area contributed by atoms with Crippen molar-refractivity contribution < 1.29 is 18.3 Å². The molecule has 0 radical (unpaired) electrons. The summed E-state index contributed by atoms with van der Waals surface area (Å²) in [6.45, 7) is 4.32. The van der Waals surface area contributed by atoms with Crippen molar-refractivity contribution in [3.63, 3.8) is 0 Å². The van der Waals surface area contributed by atoms with Gasteiger partial charge in [0.25, 0.3) is 5.91 Å². The molecule has 1 aliphatic heterocycles. The minimum Gasteiger partial charge on any atom is -0.493 e. The molecule has 0 aromatic heterocycles. The Morgan fingerprint density at radius 1 is 1.16 bits per heavy atom. The first kappa shape index (κ1) is 23.4. The molecule has 172 valence electrons. The summed E-state index contributed by atoms with van der Waals surface area (Å²) in [5, 5.41) is 0. The zero-order valence-corrected chi connectivity index (χ0v) is 20.0. The van der Waals surface area contributed by atoms with Gasteiger partial charge < -0.3 is 4.74 Å². The van der Waals surface area contributed by atoms with Gasteiger partial charge in [-0.2, -0.15) is 0 Å². The third kappa shape index (κ3) is 5.77. The number of piperidine rings is 1. The summed E-state index contributed by atoms with van der Waals surface area (Å²) in [5.74, 6) is 0.160. The smallest absolute Gasteiger partial charge is 0.264 e. The van der Waals surface area contributed by atoms with Crippen LogP contribution in [0.25, 0.3) is 0 Å². The van der Waals surface area contributed by atoms with Gasteiger partial charge in [0.15, 0.2) is 0 Å². The van der Waals surface area contributed by atoms with Crippen molar-refractivity contribution in [3.8, 4) is 5.75 Å². The number of benzene rings is 2. The minimum absolute atomic E-state index is 0.0787. The average molecular weight is 479 g/mol. The maximum absolute atomic E-state index is 14.6. The highest BCUT2D eigenvalue weighted by Crippen LogP contribution is 2.45. The Hall–Kier alpha value is -1.77. The van der Waals surface area contributed by atoms with Crippen LogP contribution >= 0.6 is 23.9 Å². The Morgan fingerprint density at radius 3 is 2.56 bits per heavy atom. The van der Waals surface area contributed by atoms with Gasteiger partial charge in [0.1, 0.15) is 17.4 Å². The van der Waals surface area contributed by atoms with Gasteiger partial charge in [-0.3, -0.25) is 9.52 Å². The van der Waals surface area contributed by atoms with E-state index < -0.39 is 11.7 Å². The van der Waals surface area contributed by atoms with Crippen molar-refractivity contribution in [3.05, 3.63) is 58.7 Å². The lowest BCUT2D eigenvalue weighted by Crippen LogP contribution is -2.31. The molecule has 8 heteroatoms. The highest BCUT2D eigenvalue weighted by molar-refractivity contribution is 7.97. The van der Waals surface area contributed by atoms with Crippen LogP contribution in [0.2, 0.25) is 0 Å². The van der Waals surface area contributed by atoms with Crippen molar-refractivity contribution in [1.29, 1.82) is 0 Å². The standard InChI is InChI=1S/C24H28F2N2O2S2/c1-15-11-18(25)5-6-23(15)32-28-9-7-16(8-10-28)14-30-22-13-21(26)20(24(29)27-31-2)12-19(22)17-3-4-17/h5-6,11-13,16-17H,3-4,7-10,14H2,1-2H3,(H,27,29).